The summed E-state index contributed by atoms with van der Waals surface area (Å²) in [6.07, 6.45) is 1.10. The second-order valence-electron chi connectivity index (χ2n) is 1.40. The lowest BCUT2D eigenvalue weighted by Gasteiger charge is -1.83. The lowest BCUT2D eigenvalue weighted by Crippen LogP contribution is -1.88. The first-order valence-electron chi connectivity index (χ1n) is 2.32. The SMILES string of the molecule is C/C=C1\COC(=O)O1. The van der Waals surface area contributed by atoms with Crippen molar-refractivity contribution in [2.75, 3.05) is 6.61 Å². The van der Waals surface area contributed by atoms with Crippen molar-refractivity contribution in [3.63, 3.8) is 0 Å². The van der Waals surface area contributed by atoms with E-state index in [1.165, 1.54) is 0 Å². The standard InChI is InChI=1S/C5H6O3/c1-2-4-3-7-5(6)8-4/h2H,3H2,1H3/b4-2+. The topological polar surface area (TPSA) is 35.5 Å². The molecule has 0 bridgehead atoms. The third-order valence-corrected chi connectivity index (χ3v) is 0.869. The van der Waals surface area contributed by atoms with E-state index >= 15 is 0 Å². The summed E-state index contributed by atoms with van der Waals surface area (Å²) in [5.74, 6) is 0.593. The van der Waals surface area contributed by atoms with Crippen molar-refractivity contribution in [2.45, 2.75) is 6.92 Å². The zero-order valence-corrected chi connectivity index (χ0v) is 4.51. The molecule has 3 heteroatoms. The van der Waals surface area contributed by atoms with Crippen molar-refractivity contribution in [1.82, 2.24) is 0 Å². The van der Waals surface area contributed by atoms with Gasteiger partial charge in [-0.2, -0.15) is 0 Å². The normalized spacial score (nSPS) is 23.1. The van der Waals surface area contributed by atoms with Gasteiger partial charge in [-0.15, -0.1) is 0 Å². The highest BCUT2D eigenvalue weighted by Crippen LogP contribution is 2.08. The van der Waals surface area contributed by atoms with Crippen LogP contribution >= 0.6 is 0 Å². The van der Waals surface area contributed by atoms with E-state index in [4.69, 9.17) is 0 Å². The van der Waals surface area contributed by atoms with Gasteiger partial charge in [0.25, 0.3) is 0 Å². The molecule has 44 valence electrons. The van der Waals surface area contributed by atoms with Crippen molar-refractivity contribution < 1.29 is 14.3 Å². The Morgan fingerprint density at radius 3 is 2.75 bits per heavy atom. The summed E-state index contributed by atoms with van der Waals surface area (Å²) in [5, 5.41) is 0. The fourth-order valence-electron chi connectivity index (χ4n) is 0.438. The molecule has 0 unspecified atom stereocenters. The van der Waals surface area contributed by atoms with Gasteiger partial charge in [-0.05, 0) is 13.0 Å². The molecule has 8 heavy (non-hydrogen) atoms. The van der Waals surface area contributed by atoms with Crippen LogP contribution in [0.2, 0.25) is 0 Å². The summed E-state index contributed by atoms with van der Waals surface area (Å²) in [6, 6.07) is 0. The lowest BCUT2D eigenvalue weighted by atomic mass is 10.5. The first-order valence-corrected chi connectivity index (χ1v) is 2.32. The summed E-state index contributed by atoms with van der Waals surface area (Å²) >= 11 is 0. The Labute approximate surface area is 46.9 Å². The second kappa shape index (κ2) is 1.86. The van der Waals surface area contributed by atoms with Gasteiger partial charge >= 0.3 is 6.16 Å². The molecule has 0 aliphatic carbocycles. The summed E-state index contributed by atoms with van der Waals surface area (Å²) in [4.78, 5) is 10.1. The predicted octanol–water partition coefficient (Wildman–Crippen LogP) is 1.06. The third kappa shape index (κ3) is 0.804. The van der Waals surface area contributed by atoms with Gasteiger partial charge in [0.1, 0.15) is 5.76 Å². The fourth-order valence-corrected chi connectivity index (χ4v) is 0.438. The summed E-state index contributed by atoms with van der Waals surface area (Å²) < 4.78 is 8.94. The van der Waals surface area contributed by atoms with E-state index in [0.717, 1.165) is 0 Å². The van der Waals surface area contributed by atoms with Crippen LogP contribution in [0.25, 0.3) is 0 Å². The molecule has 1 rings (SSSR count). The van der Waals surface area contributed by atoms with E-state index < -0.39 is 6.16 Å². The molecule has 1 aliphatic rings. The number of hydrogen-bond acceptors (Lipinski definition) is 3. The van der Waals surface area contributed by atoms with E-state index in [1.807, 2.05) is 0 Å². The third-order valence-electron chi connectivity index (χ3n) is 0.869. The van der Waals surface area contributed by atoms with Crippen molar-refractivity contribution in [3.05, 3.63) is 11.8 Å². The number of ether oxygens (including phenoxy) is 2. The van der Waals surface area contributed by atoms with Crippen LogP contribution in [0.15, 0.2) is 11.8 Å². The summed E-state index contributed by atoms with van der Waals surface area (Å²) in [7, 11) is 0. The van der Waals surface area contributed by atoms with Crippen molar-refractivity contribution in [2.24, 2.45) is 0 Å². The lowest BCUT2D eigenvalue weighted by molar-refractivity contribution is 0.136. The first-order chi connectivity index (χ1) is 3.83. The average molecular weight is 114 g/mol. The molecule has 1 fully saturated rings. The molecule has 1 aliphatic heterocycles. The first kappa shape index (κ1) is 5.15. The number of carbonyl (C=O) groups is 1. The van der Waals surface area contributed by atoms with Crippen molar-refractivity contribution in [3.8, 4) is 0 Å². The Kier molecular flexibility index (Phi) is 1.20. The minimum Gasteiger partial charge on any atom is -0.426 e. The molecule has 0 spiro atoms. The molecule has 0 aromatic heterocycles. The Balaban J connectivity index is 2.56. The molecule has 0 atom stereocenters. The van der Waals surface area contributed by atoms with Gasteiger partial charge in [0.2, 0.25) is 0 Å². The highest BCUT2D eigenvalue weighted by atomic mass is 16.8. The quantitative estimate of drug-likeness (QED) is 0.441. The maximum absolute atomic E-state index is 10.1. The van der Waals surface area contributed by atoms with Crippen LogP contribution in [0.1, 0.15) is 6.92 Å². The van der Waals surface area contributed by atoms with E-state index in [9.17, 15) is 4.79 Å². The molecule has 0 aromatic carbocycles. The minimum absolute atomic E-state index is 0.287. The van der Waals surface area contributed by atoms with E-state index in [-0.39, 0.29) is 6.61 Å². The minimum atomic E-state index is -0.599. The maximum Gasteiger partial charge on any atom is 0.514 e. The van der Waals surface area contributed by atoms with Gasteiger partial charge in [-0.3, -0.25) is 0 Å². The van der Waals surface area contributed by atoms with E-state index in [0.29, 0.717) is 5.76 Å². The van der Waals surface area contributed by atoms with E-state index in [2.05, 4.69) is 9.47 Å². The monoisotopic (exact) mass is 114 g/mol. The number of rotatable bonds is 0. The number of carbonyl (C=O) groups excluding carboxylic acids is 1. The number of cyclic esters (lactones) is 2. The van der Waals surface area contributed by atoms with Crippen LogP contribution in [0.5, 0.6) is 0 Å². The van der Waals surface area contributed by atoms with Crippen LogP contribution in [0.3, 0.4) is 0 Å². The maximum atomic E-state index is 10.1. The smallest absolute Gasteiger partial charge is 0.426 e. The highest BCUT2D eigenvalue weighted by molar-refractivity contribution is 5.64. The van der Waals surface area contributed by atoms with Gasteiger partial charge in [0, 0.05) is 0 Å². The summed E-state index contributed by atoms with van der Waals surface area (Å²) in [5.41, 5.74) is 0. The van der Waals surface area contributed by atoms with Gasteiger partial charge < -0.3 is 9.47 Å². The van der Waals surface area contributed by atoms with Crippen LogP contribution < -0.4 is 0 Å². The number of hydrogen-bond donors (Lipinski definition) is 0. The van der Waals surface area contributed by atoms with Crippen LogP contribution in [-0.4, -0.2) is 12.8 Å². The molecule has 1 heterocycles. The molecule has 0 aromatic rings. The molecular weight excluding hydrogens is 108 g/mol. The fraction of sp³-hybridized carbons (Fsp3) is 0.400. The molecule has 0 saturated carbocycles. The Hall–Kier alpha value is -0.990. The zero-order chi connectivity index (χ0) is 5.98. The zero-order valence-electron chi connectivity index (χ0n) is 4.51. The molecule has 1 saturated heterocycles. The Bertz CT molecular complexity index is 137. The van der Waals surface area contributed by atoms with Crippen molar-refractivity contribution >= 4 is 6.16 Å². The van der Waals surface area contributed by atoms with Gasteiger partial charge in [0.15, 0.2) is 6.61 Å². The van der Waals surface area contributed by atoms with Gasteiger partial charge in [0.05, 0.1) is 0 Å². The highest BCUT2D eigenvalue weighted by Gasteiger charge is 2.16. The average Bonchev–Trinajstić information content (AvgIpc) is 2.14. The van der Waals surface area contributed by atoms with Crippen LogP contribution in [-0.2, 0) is 9.47 Å². The Morgan fingerprint density at radius 1 is 1.75 bits per heavy atom. The predicted molar refractivity (Wildman–Crippen MR) is 26.2 cm³/mol. The van der Waals surface area contributed by atoms with Gasteiger partial charge in [-0.25, -0.2) is 4.79 Å². The number of allylic oxidation sites excluding steroid dienone is 1. The Morgan fingerprint density at radius 2 is 2.50 bits per heavy atom. The summed E-state index contributed by atoms with van der Waals surface area (Å²) in [6.45, 7) is 2.08. The molecule has 3 nitrogen and oxygen atoms in total. The van der Waals surface area contributed by atoms with Crippen LogP contribution in [0.4, 0.5) is 4.79 Å². The van der Waals surface area contributed by atoms with Crippen LogP contribution in [0, 0.1) is 0 Å². The molecular formula is C5H6O3. The molecule has 0 amide bonds. The second-order valence-corrected chi connectivity index (χ2v) is 1.40. The van der Waals surface area contributed by atoms with Crippen molar-refractivity contribution in [1.29, 1.82) is 0 Å². The largest absolute Gasteiger partial charge is 0.514 e. The molecule has 0 N–H and O–H groups in total. The molecule has 0 radical (unpaired) electrons. The van der Waals surface area contributed by atoms with E-state index in [1.54, 1.807) is 13.0 Å². The van der Waals surface area contributed by atoms with Gasteiger partial charge in [-0.1, -0.05) is 0 Å².